The molecule has 0 aliphatic carbocycles. The van der Waals surface area contributed by atoms with Crippen LogP contribution in [-0.2, 0) is 28.9 Å². The van der Waals surface area contributed by atoms with Crippen LogP contribution in [0.5, 0.6) is 0 Å². The molecule has 0 saturated carbocycles. The summed E-state index contributed by atoms with van der Waals surface area (Å²) < 4.78 is 6.60. The first kappa shape index (κ1) is 23.9. The number of nitrogens with one attached hydrogen (secondary N) is 1. The Kier molecular flexibility index (Phi) is 9.97. The van der Waals surface area contributed by atoms with Crippen LogP contribution in [0.15, 0.2) is 10.9 Å². The summed E-state index contributed by atoms with van der Waals surface area (Å²) in [6, 6.07) is 0.933. The van der Waals surface area contributed by atoms with E-state index in [-0.39, 0.29) is 17.0 Å². The van der Waals surface area contributed by atoms with Gasteiger partial charge in [-0.05, 0) is 36.8 Å². The molecule has 1 N–H and O–H groups in total. The molecule has 1 amide bonds. The number of unbranched alkanes of at least 4 members (excludes halogenated alkanes) is 1. The number of carbonyl (C=O) groups is 2. The number of aryl methyl sites for hydroxylation is 1. The van der Waals surface area contributed by atoms with Crippen molar-refractivity contribution in [2.45, 2.75) is 85.7 Å². The fraction of sp³-hybridized carbons (Fsp3) is 0.682. The summed E-state index contributed by atoms with van der Waals surface area (Å²) in [6.07, 6.45) is 5.03. The number of rotatable bonds is 11. The number of aromatic nitrogens is 1. The van der Waals surface area contributed by atoms with E-state index in [2.05, 4.69) is 19.2 Å². The van der Waals surface area contributed by atoms with Gasteiger partial charge in [-0.15, -0.1) is 0 Å². The maximum absolute atomic E-state index is 13.1. The van der Waals surface area contributed by atoms with Crippen molar-refractivity contribution in [1.29, 1.82) is 0 Å². The lowest BCUT2D eigenvalue weighted by Crippen LogP contribution is -2.47. The van der Waals surface area contributed by atoms with Crippen molar-refractivity contribution in [2.24, 2.45) is 5.92 Å². The fourth-order valence-corrected chi connectivity index (χ4v) is 3.33. The summed E-state index contributed by atoms with van der Waals surface area (Å²) in [6.45, 7) is 10.6. The first-order valence-electron chi connectivity index (χ1n) is 10.5. The third-order valence-corrected chi connectivity index (χ3v) is 5.29. The summed E-state index contributed by atoms with van der Waals surface area (Å²) in [4.78, 5) is 38.2. The van der Waals surface area contributed by atoms with Crippen LogP contribution in [0.3, 0.4) is 0 Å². The van der Waals surface area contributed by atoms with Gasteiger partial charge in [-0.3, -0.25) is 9.59 Å². The molecule has 28 heavy (non-hydrogen) atoms. The predicted octanol–water partition coefficient (Wildman–Crippen LogP) is 3.48. The third kappa shape index (κ3) is 5.69. The number of pyridine rings is 1. The normalized spacial score (nSPS) is 13.1. The molecule has 0 saturated heterocycles. The molecule has 1 aromatic heterocycles. The van der Waals surface area contributed by atoms with E-state index in [9.17, 15) is 14.4 Å². The van der Waals surface area contributed by atoms with Gasteiger partial charge in [0.05, 0.1) is 7.11 Å². The topological polar surface area (TPSA) is 77.4 Å². The van der Waals surface area contributed by atoms with Crippen molar-refractivity contribution in [3.8, 4) is 0 Å². The van der Waals surface area contributed by atoms with Crippen LogP contribution in [0.1, 0.15) is 81.9 Å². The highest BCUT2D eigenvalue weighted by Crippen LogP contribution is 2.15. The minimum atomic E-state index is -0.772. The van der Waals surface area contributed by atoms with Gasteiger partial charge in [-0.25, -0.2) is 4.79 Å². The Labute approximate surface area is 168 Å². The number of ether oxygens (including phenoxy) is 1. The van der Waals surface area contributed by atoms with E-state index < -0.39 is 17.9 Å². The van der Waals surface area contributed by atoms with Crippen molar-refractivity contribution < 1.29 is 14.3 Å². The Morgan fingerprint density at radius 1 is 1.18 bits per heavy atom. The second-order valence-corrected chi connectivity index (χ2v) is 7.30. The van der Waals surface area contributed by atoms with Crippen molar-refractivity contribution in [3.05, 3.63) is 33.2 Å². The molecule has 0 aromatic carbocycles. The van der Waals surface area contributed by atoms with E-state index in [0.717, 1.165) is 43.4 Å². The highest BCUT2D eigenvalue weighted by Gasteiger charge is 2.28. The lowest BCUT2D eigenvalue weighted by atomic mass is 9.98. The van der Waals surface area contributed by atoms with Gasteiger partial charge in [-0.1, -0.05) is 53.9 Å². The Bertz CT molecular complexity index is 724. The van der Waals surface area contributed by atoms with E-state index in [1.807, 2.05) is 20.8 Å². The van der Waals surface area contributed by atoms with Crippen LogP contribution >= 0.6 is 0 Å². The highest BCUT2D eigenvalue weighted by atomic mass is 16.5. The average Bonchev–Trinajstić information content (AvgIpc) is 2.70. The number of amides is 1. The standard InChI is InChI=1S/C22H36N2O4/c1-7-11-13-24-18(12-8-2)16(10-4)14-17(21(24)26)20(25)23-19(15(5)9-3)22(27)28-6/h14-15,19H,7-13H2,1-6H3,(H,23,25). The maximum atomic E-state index is 13.1. The summed E-state index contributed by atoms with van der Waals surface area (Å²) in [5.74, 6) is -1.10. The van der Waals surface area contributed by atoms with Gasteiger partial charge < -0.3 is 14.6 Å². The number of methoxy groups -OCH3 is 1. The van der Waals surface area contributed by atoms with Crippen molar-refractivity contribution >= 4 is 11.9 Å². The molecule has 0 aliphatic rings. The van der Waals surface area contributed by atoms with Gasteiger partial charge in [0.25, 0.3) is 11.5 Å². The summed E-state index contributed by atoms with van der Waals surface area (Å²) >= 11 is 0. The molecular formula is C22H36N2O4. The van der Waals surface area contributed by atoms with Crippen LogP contribution in [0.4, 0.5) is 0 Å². The molecule has 0 radical (unpaired) electrons. The second-order valence-electron chi connectivity index (χ2n) is 7.30. The van der Waals surface area contributed by atoms with Crippen LogP contribution in [0.2, 0.25) is 0 Å². The van der Waals surface area contributed by atoms with Crippen molar-refractivity contribution in [1.82, 2.24) is 9.88 Å². The largest absolute Gasteiger partial charge is 0.467 e. The van der Waals surface area contributed by atoms with Gasteiger partial charge in [0.15, 0.2) is 0 Å². The van der Waals surface area contributed by atoms with E-state index in [0.29, 0.717) is 13.0 Å². The van der Waals surface area contributed by atoms with Crippen LogP contribution in [0, 0.1) is 5.92 Å². The van der Waals surface area contributed by atoms with Gasteiger partial charge in [-0.2, -0.15) is 0 Å². The molecule has 2 atom stereocenters. The third-order valence-electron chi connectivity index (χ3n) is 5.29. The van der Waals surface area contributed by atoms with Gasteiger partial charge >= 0.3 is 5.97 Å². The Morgan fingerprint density at radius 3 is 2.36 bits per heavy atom. The van der Waals surface area contributed by atoms with E-state index in [4.69, 9.17) is 4.74 Å². The number of esters is 1. The molecule has 158 valence electrons. The molecule has 0 bridgehead atoms. The number of nitrogens with zero attached hydrogens (tertiary/aromatic N) is 1. The van der Waals surface area contributed by atoms with E-state index in [1.54, 1.807) is 10.6 Å². The zero-order valence-corrected chi connectivity index (χ0v) is 18.3. The fourth-order valence-electron chi connectivity index (χ4n) is 3.33. The maximum Gasteiger partial charge on any atom is 0.328 e. The van der Waals surface area contributed by atoms with Crippen molar-refractivity contribution in [2.75, 3.05) is 7.11 Å². The van der Waals surface area contributed by atoms with E-state index >= 15 is 0 Å². The Morgan fingerprint density at radius 2 is 1.86 bits per heavy atom. The van der Waals surface area contributed by atoms with Gasteiger partial charge in [0, 0.05) is 12.2 Å². The summed E-state index contributed by atoms with van der Waals surface area (Å²) in [5, 5.41) is 2.73. The number of carbonyl (C=O) groups excluding carboxylic acids is 2. The first-order chi connectivity index (χ1) is 13.4. The predicted molar refractivity (Wildman–Crippen MR) is 112 cm³/mol. The molecule has 2 unspecified atom stereocenters. The summed E-state index contributed by atoms with van der Waals surface area (Å²) in [5.41, 5.74) is 1.86. The minimum absolute atomic E-state index is 0.0938. The van der Waals surface area contributed by atoms with Crippen molar-refractivity contribution in [3.63, 3.8) is 0 Å². The zero-order chi connectivity index (χ0) is 21.3. The number of hydrogen-bond acceptors (Lipinski definition) is 4. The molecule has 1 aromatic rings. The van der Waals surface area contributed by atoms with Gasteiger partial charge in [0.2, 0.25) is 0 Å². The average molecular weight is 393 g/mol. The van der Waals surface area contributed by atoms with Crippen LogP contribution in [0.25, 0.3) is 0 Å². The SMILES string of the molecule is CCCCn1c(CCC)c(CC)cc(C(=O)NC(C(=O)OC)C(C)CC)c1=O. The Hall–Kier alpha value is -2.11. The van der Waals surface area contributed by atoms with E-state index in [1.165, 1.54) is 7.11 Å². The zero-order valence-electron chi connectivity index (χ0n) is 18.3. The lowest BCUT2D eigenvalue weighted by Gasteiger charge is -2.23. The monoisotopic (exact) mass is 392 g/mol. The van der Waals surface area contributed by atoms with Gasteiger partial charge in [0.1, 0.15) is 11.6 Å². The first-order valence-corrected chi connectivity index (χ1v) is 10.5. The highest BCUT2D eigenvalue weighted by molar-refractivity contribution is 5.96. The minimum Gasteiger partial charge on any atom is -0.467 e. The molecule has 0 aliphatic heterocycles. The molecule has 6 heteroatoms. The quantitative estimate of drug-likeness (QED) is 0.585. The summed E-state index contributed by atoms with van der Waals surface area (Å²) in [7, 11) is 1.30. The lowest BCUT2D eigenvalue weighted by molar-refractivity contribution is -0.144. The molecule has 0 fully saturated rings. The van der Waals surface area contributed by atoms with Crippen LogP contribution in [-0.4, -0.2) is 29.6 Å². The Balaban J connectivity index is 3.40. The molecule has 0 spiro atoms. The van der Waals surface area contributed by atoms with Crippen LogP contribution < -0.4 is 10.9 Å². The molecule has 1 rings (SSSR count). The molecule has 6 nitrogen and oxygen atoms in total. The smallest absolute Gasteiger partial charge is 0.328 e. The molecule has 1 heterocycles. The number of hydrogen-bond donors (Lipinski definition) is 1. The second kappa shape index (κ2) is 11.7. The molecular weight excluding hydrogens is 356 g/mol.